The molecule has 0 aliphatic heterocycles. The third-order valence-corrected chi connectivity index (χ3v) is 3.23. The van der Waals surface area contributed by atoms with E-state index < -0.39 is 20.8 Å². The maximum atomic E-state index is 11.0. The molecule has 0 aromatic heterocycles. The van der Waals surface area contributed by atoms with Crippen LogP contribution in [0.1, 0.15) is 5.56 Å². The van der Waals surface area contributed by atoms with Gasteiger partial charge in [0.15, 0.2) is 0 Å². The van der Waals surface area contributed by atoms with Gasteiger partial charge >= 0.3 is 0 Å². The second kappa shape index (κ2) is 3.47. The van der Waals surface area contributed by atoms with Crippen LogP contribution in [0.3, 0.4) is 0 Å². The van der Waals surface area contributed by atoms with E-state index >= 15 is 0 Å². The lowest BCUT2D eigenvalue weighted by Crippen LogP contribution is -1.98. The third kappa shape index (κ3) is 1.87. The summed E-state index contributed by atoms with van der Waals surface area (Å²) in [5, 5.41) is 10.9. The van der Waals surface area contributed by atoms with Crippen molar-refractivity contribution in [3.05, 3.63) is 35.9 Å². The maximum absolute atomic E-state index is 11.0. The van der Waals surface area contributed by atoms with Gasteiger partial charge in [0, 0.05) is 0 Å². The van der Waals surface area contributed by atoms with Gasteiger partial charge in [-0.25, -0.2) is 0 Å². The van der Waals surface area contributed by atoms with Crippen molar-refractivity contribution in [2.45, 2.75) is 11.8 Å². The Kier molecular flexibility index (Phi) is 2.36. The zero-order chi connectivity index (χ0) is 11.9. The van der Waals surface area contributed by atoms with Gasteiger partial charge in [-0.05, 0) is 29.8 Å². The number of aryl methyl sites for hydroxylation is 1. The first-order chi connectivity index (χ1) is 7.38. The second-order valence-corrected chi connectivity index (χ2v) is 5.04. The Labute approximate surface area is 92.9 Å². The van der Waals surface area contributed by atoms with Crippen molar-refractivity contribution in [3.8, 4) is 5.75 Å². The van der Waals surface area contributed by atoms with E-state index in [0.717, 1.165) is 10.9 Å². The van der Waals surface area contributed by atoms with E-state index in [0.29, 0.717) is 5.39 Å². The molecule has 0 saturated heterocycles. The molecule has 0 unspecified atom stereocenters. The fourth-order valence-electron chi connectivity index (χ4n) is 1.59. The fraction of sp³-hybridized carbons (Fsp3) is 0.0909. The van der Waals surface area contributed by atoms with Crippen LogP contribution in [0.15, 0.2) is 35.2 Å². The van der Waals surface area contributed by atoms with Gasteiger partial charge < -0.3 is 5.11 Å². The summed E-state index contributed by atoms with van der Waals surface area (Å²) in [6, 6.07) is 7.99. The van der Waals surface area contributed by atoms with Gasteiger partial charge in [0.05, 0.1) is 0 Å². The average Bonchev–Trinajstić information content (AvgIpc) is 2.16. The van der Waals surface area contributed by atoms with Crippen molar-refractivity contribution in [1.29, 1.82) is 0 Å². The van der Waals surface area contributed by atoms with E-state index in [9.17, 15) is 13.5 Å². The molecule has 2 aromatic carbocycles. The monoisotopic (exact) mass is 238 g/mol. The fourth-order valence-corrected chi connectivity index (χ4v) is 2.19. The molecule has 2 rings (SSSR count). The summed E-state index contributed by atoms with van der Waals surface area (Å²) in [6.45, 7) is 1.87. The Morgan fingerprint density at radius 3 is 2.38 bits per heavy atom. The minimum Gasteiger partial charge on any atom is -0.506 e. The molecule has 84 valence electrons. The zero-order valence-electron chi connectivity index (χ0n) is 8.51. The molecular weight excluding hydrogens is 228 g/mol. The highest BCUT2D eigenvalue weighted by Gasteiger charge is 2.15. The minimum absolute atomic E-state index is 0.446. The summed E-state index contributed by atoms with van der Waals surface area (Å²) in [6.07, 6.45) is 0. The predicted molar refractivity (Wildman–Crippen MR) is 60.2 cm³/mol. The largest absolute Gasteiger partial charge is 0.506 e. The van der Waals surface area contributed by atoms with E-state index in [1.807, 2.05) is 13.0 Å². The van der Waals surface area contributed by atoms with E-state index in [1.54, 1.807) is 12.1 Å². The van der Waals surface area contributed by atoms with Gasteiger partial charge in [-0.2, -0.15) is 8.42 Å². The first-order valence-electron chi connectivity index (χ1n) is 4.59. The highest BCUT2D eigenvalue weighted by molar-refractivity contribution is 7.86. The number of hydrogen-bond acceptors (Lipinski definition) is 3. The number of rotatable bonds is 1. The molecule has 2 N–H and O–H groups in total. The smallest absolute Gasteiger partial charge is 0.298 e. The van der Waals surface area contributed by atoms with Crippen molar-refractivity contribution in [1.82, 2.24) is 0 Å². The molecule has 5 heteroatoms. The van der Waals surface area contributed by atoms with E-state index in [1.165, 1.54) is 12.1 Å². The van der Waals surface area contributed by atoms with Crippen molar-refractivity contribution >= 4 is 20.9 Å². The van der Waals surface area contributed by atoms with Crippen LogP contribution < -0.4 is 0 Å². The van der Waals surface area contributed by atoms with E-state index in [-0.39, 0.29) is 0 Å². The average molecular weight is 238 g/mol. The van der Waals surface area contributed by atoms with Crippen LogP contribution >= 0.6 is 0 Å². The molecule has 16 heavy (non-hydrogen) atoms. The first kappa shape index (κ1) is 10.9. The lowest BCUT2D eigenvalue weighted by Gasteiger charge is -2.05. The molecule has 0 spiro atoms. The van der Waals surface area contributed by atoms with Gasteiger partial charge in [-0.1, -0.05) is 23.8 Å². The van der Waals surface area contributed by atoms with Crippen molar-refractivity contribution in [3.63, 3.8) is 0 Å². The van der Waals surface area contributed by atoms with Crippen LogP contribution in [0, 0.1) is 6.92 Å². The Morgan fingerprint density at radius 2 is 1.75 bits per heavy atom. The van der Waals surface area contributed by atoms with E-state index in [2.05, 4.69) is 0 Å². The first-order valence-corrected chi connectivity index (χ1v) is 6.03. The molecule has 0 aliphatic rings. The Hall–Kier alpha value is -1.59. The van der Waals surface area contributed by atoms with Crippen LogP contribution in [0.25, 0.3) is 10.8 Å². The molecule has 0 fully saturated rings. The second-order valence-electron chi connectivity index (χ2n) is 3.65. The van der Waals surface area contributed by atoms with Gasteiger partial charge in [-0.3, -0.25) is 4.55 Å². The molecule has 0 radical (unpaired) electrons. The number of fused-ring (bicyclic) bond motifs is 1. The summed E-state index contributed by atoms with van der Waals surface area (Å²) >= 11 is 0. The molecule has 0 saturated carbocycles. The van der Waals surface area contributed by atoms with Gasteiger partial charge in [-0.15, -0.1) is 0 Å². The Bertz CT molecular complexity index is 659. The summed E-state index contributed by atoms with van der Waals surface area (Å²) in [7, 11) is -4.39. The summed E-state index contributed by atoms with van der Waals surface area (Å²) < 4.78 is 30.9. The maximum Gasteiger partial charge on any atom is 0.298 e. The molecule has 4 nitrogen and oxygen atoms in total. The predicted octanol–water partition coefficient (Wildman–Crippen LogP) is 2.10. The third-order valence-electron chi connectivity index (χ3n) is 2.35. The summed E-state index contributed by atoms with van der Waals surface area (Å²) in [4.78, 5) is -0.467. The molecule has 0 aliphatic carbocycles. The quantitative estimate of drug-likeness (QED) is 0.746. The van der Waals surface area contributed by atoms with Crippen molar-refractivity contribution in [2.24, 2.45) is 0 Å². The number of phenols is 1. The molecule has 0 bridgehead atoms. The van der Waals surface area contributed by atoms with Crippen LogP contribution in [-0.2, 0) is 10.1 Å². The van der Waals surface area contributed by atoms with E-state index in [4.69, 9.17) is 4.55 Å². The molecule has 2 aromatic rings. The van der Waals surface area contributed by atoms with Crippen molar-refractivity contribution in [2.75, 3.05) is 0 Å². The van der Waals surface area contributed by atoms with Gasteiger partial charge in [0.25, 0.3) is 10.1 Å². The zero-order valence-corrected chi connectivity index (χ0v) is 9.32. The van der Waals surface area contributed by atoms with Gasteiger partial charge in [0.1, 0.15) is 10.6 Å². The Morgan fingerprint density at radius 1 is 1.06 bits per heavy atom. The normalized spacial score (nSPS) is 11.9. The number of hydrogen-bond donors (Lipinski definition) is 2. The van der Waals surface area contributed by atoms with Crippen LogP contribution in [-0.4, -0.2) is 18.1 Å². The van der Waals surface area contributed by atoms with Crippen molar-refractivity contribution < 1.29 is 18.1 Å². The van der Waals surface area contributed by atoms with Crippen LogP contribution in [0.2, 0.25) is 0 Å². The standard InChI is InChI=1S/C11H10O4S/c1-7-2-3-8-5-10(12)11(16(13,14)15)6-9(8)4-7/h2-6,12H,1H3,(H,13,14,15). The lowest BCUT2D eigenvalue weighted by molar-refractivity contribution is 0.444. The number of aromatic hydroxyl groups is 1. The topological polar surface area (TPSA) is 74.6 Å². The van der Waals surface area contributed by atoms with Crippen LogP contribution in [0.4, 0.5) is 0 Å². The summed E-state index contributed by atoms with van der Waals surface area (Å²) in [5.74, 6) is -0.446. The number of benzene rings is 2. The Balaban J connectivity index is 2.84. The van der Waals surface area contributed by atoms with Crippen LogP contribution in [0.5, 0.6) is 5.75 Å². The highest BCUT2D eigenvalue weighted by atomic mass is 32.2. The summed E-state index contributed by atoms with van der Waals surface area (Å²) in [5.41, 5.74) is 0.972. The SMILES string of the molecule is Cc1ccc2cc(O)c(S(=O)(=O)O)cc2c1. The number of phenolic OH excluding ortho intramolecular Hbond substituents is 1. The molecule has 0 amide bonds. The minimum atomic E-state index is -4.39. The molecular formula is C11H10O4S. The lowest BCUT2D eigenvalue weighted by atomic mass is 10.1. The van der Waals surface area contributed by atoms with Gasteiger partial charge in [0.2, 0.25) is 0 Å². The highest BCUT2D eigenvalue weighted by Crippen LogP contribution is 2.28. The molecule has 0 atom stereocenters. The molecule has 0 heterocycles.